The molecule has 2 heterocycles. The standard InChI is InChI=1S/C24H21F2N3O5S2/c25-17-6-8-19(9-7-17)36(33,34)22(27-21(30)20-5-2-14-35-20)24(32)29-12-10-28(11-13-29)23(31)16-3-1-4-18(26)15-16/h1-9,14-15,22H,10-13H2,(H,27,30)/t22-/m0/s1. The van der Waals surface area contributed by atoms with Crippen molar-refractivity contribution < 1.29 is 31.6 Å². The SMILES string of the molecule is O=C(N[C@H](C(=O)N1CCN(C(=O)c2cccc(F)c2)CC1)S(=O)(=O)c1ccc(F)cc1)c1cccs1. The highest BCUT2D eigenvalue weighted by Crippen LogP contribution is 2.20. The number of hydrogen-bond acceptors (Lipinski definition) is 6. The van der Waals surface area contributed by atoms with E-state index < -0.39 is 44.6 Å². The molecule has 0 saturated carbocycles. The molecular formula is C24H21F2N3O5S2. The average Bonchev–Trinajstić information content (AvgIpc) is 3.42. The number of rotatable bonds is 6. The molecule has 0 bridgehead atoms. The molecule has 12 heteroatoms. The van der Waals surface area contributed by atoms with Crippen LogP contribution in [0.2, 0.25) is 0 Å². The first-order valence-electron chi connectivity index (χ1n) is 10.8. The lowest BCUT2D eigenvalue weighted by atomic mass is 10.1. The van der Waals surface area contributed by atoms with Gasteiger partial charge in [-0.1, -0.05) is 12.1 Å². The van der Waals surface area contributed by atoms with Crippen molar-refractivity contribution in [2.45, 2.75) is 10.3 Å². The molecule has 0 unspecified atom stereocenters. The zero-order valence-corrected chi connectivity index (χ0v) is 20.4. The van der Waals surface area contributed by atoms with Gasteiger partial charge < -0.3 is 15.1 Å². The lowest BCUT2D eigenvalue weighted by Gasteiger charge is -2.36. The lowest BCUT2D eigenvalue weighted by molar-refractivity contribution is -0.132. The highest BCUT2D eigenvalue weighted by atomic mass is 32.2. The van der Waals surface area contributed by atoms with Crippen molar-refractivity contribution in [1.82, 2.24) is 15.1 Å². The van der Waals surface area contributed by atoms with Gasteiger partial charge in [-0.15, -0.1) is 11.3 Å². The lowest BCUT2D eigenvalue weighted by Crippen LogP contribution is -2.57. The molecular weight excluding hydrogens is 512 g/mol. The van der Waals surface area contributed by atoms with E-state index in [9.17, 15) is 31.6 Å². The average molecular weight is 534 g/mol. The molecule has 2 aromatic carbocycles. The Bertz CT molecular complexity index is 1370. The van der Waals surface area contributed by atoms with Gasteiger partial charge in [0.05, 0.1) is 9.77 Å². The van der Waals surface area contributed by atoms with Crippen molar-refractivity contribution in [1.29, 1.82) is 0 Å². The van der Waals surface area contributed by atoms with Gasteiger partial charge in [-0.2, -0.15) is 0 Å². The van der Waals surface area contributed by atoms with Crippen LogP contribution in [0.4, 0.5) is 8.78 Å². The van der Waals surface area contributed by atoms with E-state index in [0.717, 1.165) is 41.7 Å². The molecule has 0 radical (unpaired) electrons. The molecule has 0 aliphatic carbocycles. The summed E-state index contributed by atoms with van der Waals surface area (Å²) >= 11 is 1.08. The van der Waals surface area contributed by atoms with Gasteiger partial charge in [0, 0.05) is 31.7 Å². The maximum atomic E-state index is 13.5. The number of carbonyl (C=O) groups is 3. The highest BCUT2D eigenvalue weighted by Gasteiger charge is 2.39. The highest BCUT2D eigenvalue weighted by molar-refractivity contribution is 7.92. The fourth-order valence-electron chi connectivity index (χ4n) is 3.73. The van der Waals surface area contributed by atoms with E-state index in [2.05, 4.69) is 5.32 Å². The Balaban J connectivity index is 1.53. The first-order chi connectivity index (χ1) is 17.2. The topological polar surface area (TPSA) is 104 Å². The first kappa shape index (κ1) is 25.5. The number of thiophene rings is 1. The quantitative estimate of drug-likeness (QED) is 0.491. The van der Waals surface area contributed by atoms with E-state index in [1.54, 1.807) is 11.4 Å². The maximum Gasteiger partial charge on any atom is 0.262 e. The molecule has 1 aromatic heterocycles. The van der Waals surface area contributed by atoms with Crippen LogP contribution in [0, 0.1) is 11.6 Å². The third-order valence-corrected chi connectivity index (χ3v) is 8.37. The third-order valence-electron chi connectivity index (χ3n) is 5.63. The van der Waals surface area contributed by atoms with Gasteiger partial charge in [-0.3, -0.25) is 14.4 Å². The van der Waals surface area contributed by atoms with Crippen LogP contribution in [0.3, 0.4) is 0 Å². The fraction of sp³-hybridized carbons (Fsp3) is 0.208. The summed E-state index contributed by atoms with van der Waals surface area (Å²) in [5.41, 5.74) is 0.162. The Kier molecular flexibility index (Phi) is 7.45. The van der Waals surface area contributed by atoms with Crippen LogP contribution in [0.15, 0.2) is 70.9 Å². The zero-order valence-electron chi connectivity index (χ0n) is 18.8. The minimum Gasteiger partial charge on any atom is -0.336 e. The van der Waals surface area contributed by atoms with Crippen LogP contribution in [-0.4, -0.2) is 67.5 Å². The van der Waals surface area contributed by atoms with Crippen molar-refractivity contribution >= 4 is 38.9 Å². The van der Waals surface area contributed by atoms with Crippen molar-refractivity contribution in [3.63, 3.8) is 0 Å². The summed E-state index contributed by atoms with van der Waals surface area (Å²) < 4.78 is 53.6. The van der Waals surface area contributed by atoms with Crippen molar-refractivity contribution in [3.8, 4) is 0 Å². The van der Waals surface area contributed by atoms with Crippen LogP contribution < -0.4 is 5.32 Å². The normalized spacial score (nSPS) is 14.8. The number of nitrogens with zero attached hydrogens (tertiary/aromatic N) is 2. The molecule has 1 fully saturated rings. The Morgan fingerprint density at radius 2 is 1.53 bits per heavy atom. The van der Waals surface area contributed by atoms with E-state index in [4.69, 9.17) is 0 Å². The number of halogens is 2. The fourth-order valence-corrected chi connectivity index (χ4v) is 5.82. The molecule has 36 heavy (non-hydrogen) atoms. The third kappa shape index (κ3) is 5.44. The van der Waals surface area contributed by atoms with Crippen molar-refractivity contribution in [3.05, 3.63) is 88.1 Å². The predicted molar refractivity (Wildman–Crippen MR) is 128 cm³/mol. The van der Waals surface area contributed by atoms with E-state index in [0.29, 0.717) is 0 Å². The Morgan fingerprint density at radius 1 is 0.861 bits per heavy atom. The van der Waals surface area contributed by atoms with Crippen molar-refractivity contribution in [2.24, 2.45) is 0 Å². The summed E-state index contributed by atoms with van der Waals surface area (Å²) in [5, 5.41) is 1.99. The maximum absolute atomic E-state index is 13.5. The second kappa shape index (κ2) is 10.5. The molecule has 8 nitrogen and oxygen atoms in total. The summed E-state index contributed by atoms with van der Waals surface area (Å²) in [6.07, 6.45) is 0. The smallest absolute Gasteiger partial charge is 0.262 e. The van der Waals surface area contributed by atoms with Crippen molar-refractivity contribution in [2.75, 3.05) is 26.2 Å². The number of nitrogens with one attached hydrogen (secondary N) is 1. The van der Waals surface area contributed by atoms with Crippen LogP contribution in [-0.2, 0) is 14.6 Å². The second-order valence-electron chi connectivity index (χ2n) is 7.96. The molecule has 1 aliphatic rings. The van der Waals surface area contributed by atoms with Crippen LogP contribution in [0.1, 0.15) is 20.0 Å². The molecule has 1 saturated heterocycles. The number of amides is 3. The number of piperazine rings is 1. The summed E-state index contributed by atoms with van der Waals surface area (Å²) in [6, 6.07) is 12.3. The largest absolute Gasteiger partial charge is 0.336 e. The number of hydrogen-bond donors (Lipinski definition) is 1. The van der Waals surface area contributed by atoms with Crippen LogP contribution in [0.25, 0.3) is 0 Å². The van der Waals surface area contributed by atoms with Crippen LogP contribution in [0.5, 0.6) is 0 Å². The zero-order chi connectivity index (χ0) is 25.9. The number of sulfone groups is 1. The van der Waals surface area contributed by atoms with Gasteiger partial charge >= 0.3 is 0 Å². The Hall–Kier alpha value is -3.64. The second-order valence-corrected chi connectivity index (χ2v) is 10.9. The number of benzene rings is 2. The molecule has 3 amide bonds. The van der Waals surface area contributed by atoms with Gasteiger partial charge in [0.25, 0.3) is 17.7 Å². The molecule has 3 aromatic rings. The van der Waals surface area contributed by atoms with Gasteiger partial charge in [0.2, 0.25) is 15.2 Å². The molecule has 188 valence electrons. The van der Waals surface area contributed by atoms with Gasteiger partial charge in [0.1, 0.15) is 11.6 Å². The molecule has 0 spiro atoms. The number of carbonyl (C=O) groups excluding carboxylic acids is 3. The Labute approximate surface area is 210 Å². The first-order valence-corrected chi connectivity index (χ1v) is 13.3. The summed E-state index contributed by atoms with van der Waals surface area (Å²) in [5.74, 6) is -3.23. The summed E-state index contributed by atoms with van der Waals surface area (Å²) in [6.45, 7) is 0.181. The van der Waals surface area contributed by atoms with Gasteiger partial charge in [-0.05, 0) is 53.9 Å². The van der Waals surface area contributed by atoms with Crippen LogP contribution >= 0.6 is 11.3 Å². The van der Waals surface area contributed by atoms with E-state index in [1.807, 2.05) is 0 Å². The van der Waals surface area contributed by atoms with E-state index >= 15 is 0 Å². The van der Waals surface area contributed by atoms with Gasteiger partial charge in [-0.25, -0.2) is 17.2 Å². The summed E-state index contributed by atoms with van der Waals surface area (Å²) in [7, 11) is -4.44. The monoisotopic (exact) mass is 533 g/mol. The van der Waals surface area contributed by atoms with Gasteiger partial charge in [0.15, 0.2) is 0 Å². The van der Waals surface area contributed by atoms with E-state index in [1.165, 1.54) is 34.1 Å². The van der Waals surface area contributed by atoms with E-state index in [-0.39, 0.29) is 41.5 Å². The predicted octanol–water partition coefficient (Wildman–Crippen LogP) is 2.54. The molecule has 1 atom stereocenters. The summed E-state index contributed by atoms with van der Waals surface area (Å²) in [4.78, 5) is 41.3. The minimum atomic E-state index is -4.44. The molecule has 4 rings (SSSR count). The minimum absolute atomic E-state index is 0.00417. The molecule has 1 aliphatic heterocycles. The Morgan fingerprint density at radius 3 is 2.14 bits per heavy atom. The molecule has 1 N–H and O–H groups in total.